The minimum absolute atomic E-state index is 0.0572. The van der Waals surface area contributed by atoms with Crippen LogP contribution in [0, 0.1) is 10.1 Å². The van der Waals surface area contributed by atoms with Crippen LogP contribution >= 0.6 is 11.8 Å². The number of anilines is 1. The summed E-state index contributed by atoms with van der Waals surface area (Å²) in [5, 5.41) is 13.1. The van der Waals surface area contributed by atoms with Crippen molar-refractivity contribution in [2.24, 2.45) is 0 Å². The summed E-state index contributed by atoms with van der Waals surface area (Å²) in [5.41, 5.74) is 0.352. The topological polar surface area (TPSA) is 81.5 Å². The Hall–Kier alpha value is -2.54. The molecule has 0 aliphatic carbocycles. The molecule has 0 heterocycles. The zero-order valence-corrected chi connectivity index (χ0v) is 13.5. The number of hydrogen-bond acceptors (Lipinski definition) is 5. The highest BCUT2D eigenvalue weighted by atomic mass is 32.2. The predicted octanol–water partition coefficient (Wildman–Crippen LogP) is 3.72. The van der Waals surface area contributed by atoms with Gasteiger partial charge >= 0.3 is 0 Å². The number of rotatable bonds is 6. The van der Waals surface area contributed by atoms with E-state index in [4.69, 9.17) is 4.74 Å². The second kappa shape index (κ2) is 7.64. The molecule has 0 aliphatic rings. The molecular formula is C16H16N2O4S. The van der Waals surface area contributed by atoms with Crippen LogP contribution in [-0.2, 0) is 4.79 Å². The molecule has 1 atom stereocenters. The van der Waals surface area contributed by atoms with Gasteiger partial charge in [0.05, 0.1) is 17.3 Å². The Bertz CT molecular complexity index is 703. The van der Waals surface area contributed by atoms with Gasteiger partial charge in [0, 0.05) is 22.7 Å². The largest absolute Gasteiger partial charge is 0.497 e. The van der Waals surface area contributed by atoms with Crippen molar-refractivity contribution in [1.29, 1.82) is 0 Å². The van der Waals surface area contributed by atoms with Crippen LogP contribution in [0.15, 0.2) is 53.4 Å². The maximum absolute atomic E-state index is 12.2. The van der Waals surface area contributed by atoms with Crippen LogP contribution in [0.2, 0.25) is 0 Å². The van der Waals surface area contributed by atoms with E-state index in [0.717, 1.165) is 10.6 Å². The van der Waals surface area contributed by atoms with Crippen LogP contribution in [0.5, 0.6) is 5.75 Å². The number of non-ortho nitro benzene ring substituents is 1. The van der Waals surface area contributed by atoms with Crippen molar-refractivity contribution in [2.75, 3.05) is 12.4 Å². The summed E-state index contributed by atoms with van der Waals surface area (Å²) < 4.78 is 5.09. The van der Waals surface area contributed by atoms with E-state index in [9.17, 15) is 14.9 Å². The van der Waals surface area contributed by atoms with E-state index in [0.29, 0.717) is 5.69 Å². The first-order chi connectivity index (χ1) is 11.0. The Morgan fingerprint density at radius 1 is 1.26 bits per heavy atom. The standard InChI is InChI=1S/C16H16N2O4S/c1-11(23-15-8-6-14(22-2)7-9-15)16(19)17-12-4-3-5-13(10-12)18(20)21/h3-11H,1-2H3,(H,17,19). The van der Waals surface area contributed by atoms with Crippen molar-refractivity contribution in [2.45, 2.75) is 17.1 Å². The highest BCUT2D eigenvalue weighted by Gasteiger charge is 2.16. The summed E-state index contributed by atoms with van der Waals surface area (Å²) in [6.45, 7) is 1.78. The summed E-state index contributed by atoms with van der Waals surface area (Å²) in [5.74, 6) is 0.536. The van der Waals surface area contributed by atoms with Gasteiger partial charge in [-0.1, -0.05) is 6.07 Å². The molecule has 6 nitrogen and oxygen atoms in total. The lowest BCUT2D eigenvalue weighted by Crippen LogP contribution is -2.22. The van der Waals surface area contributed by atoms with Gasteiger partial charge in [-0.2, -0.15) is 0 Å². The van der Waals surface area contributed by atoms with Gasteiger partial charge < -0.3 is 10.1 Å². The monoisotopic (exact) mass is 332 g/mol. The highest BCUT2D eigenvalue weighted by Crippen LogP contribution is 2.26. The molecule has 23 heavy (non-hydrogen) atoms. The minimum atomic E-state index is -0.495. The van der Waals surface area contributed by atoms with E-state index in [-0.39, 0.29) is 16.8 Å². The van der Waals surface area contributed by atoms with Crippen molar-refractivity contribution in [3.63, 3.8) is 0 Å². The van der Waals surface area contributed by atoms with Crippen LogP contribution in [0.4, 0.5) is 11.4 Å². The second-order valence-corrected chi connectivity index (χ2v) is 6.15. The van der Waals surface area contributed by atoms with Gasteiger partial charge in [-0.3, -0.25) is 14.9 Å². The molecule has 0 spiro atoms. The van der Waals surface area contributed by atoms with Crippen LogP contribution in [0.3, 0.4) is 0 Å². The number of benzene rings is 2. The third kappa shape index (κ3) is 4.72. The van der Waals surface area contributed by atoms with E-state index in [1.807, 2.05) is 24.3 Å². The van der Waals surface area contributed by atoms with Crippen molar-refractivity contribution < 1.29 is 14.5 Å². The molecule has 2 aromatic rings. The van der Waals surface area contributed by atoms with E-state index in [2.05, 4.69) is 5.32 Å². The van der Waals surface area contributed by atoms with E-state index >= 15 is 0 Å². The summed E-state index contributed by atoms with van der Waals surface area (Å²) in [6.07, 6.45) is 0. The summed E-state index contributed by atoms with van der Waals surface area (Å²) in [7, 11) is 1.59. The Morgan fingerprint density at radius 2 is 1.96 bits per heavy atom. The fourth-order valence-corrected chi connectivity index (χ4v) is 2.72. The number of carbonyl (C=O) groups is 1. The van der Waals surface area contributed by atoms with Crippen molar-refractivity contribution in [1.82, 2.24) is 0 Å². The molecule has 1 unspecified atom stereocenters. The van der Waals surface area contributed by atoms with Gasteiger partial charge in [0.15, 0.2) is 0 Å². The number of carbonyl (C=O) groups excluding carboxylic acids is 1. The molecule has 0 fully saturated rings. The number of nitrogens with one attached hydrogen (secondary N) is 1. The molecule has 1 N–H and O–H groups in total. The fraction of sp³-hybridized carbons (Fsp3) is 0.188. The molecular weight excluding hydrogens is 316 g/mol. The van der Waals surface area contributed by atoms with Gasteiger partial charge in [-0.05, 0) is 37.3 Å². The molecule has 120 valence electrons. The van der Waals surface area contributed by atoms with Crippen molar-refractivity contribution in [3.05, 3.63) is 58.6 Å². The van der Waals surface area contributed by atoms with Crippen molar-refractivity contribution >= 4 is 29.0 Å². The van der Waals surface area contributed by atoms with Crippen LogP contribution in [0.25, 0.3) is 0 Å². The smallest absolute Gasteiger partial charge is 0.271 e. The number of methoxy groups -OCH3 is 1. The summed E-state index contributed by atoms with van der Waals surface area (Å²) in [4.78, 5) is 23.4. The Morgan fingerprint density at radius 3 is 2.57 bits per heavy atom. The average molecular weight is 332 g/mol. The molecule has 0 bridgehead atoms. The second-order valence-electron chi connectivity index (χ2n) is 4.73. The average Bonchev–Trinajstić information content (AvgIpc) is 2.55. The molecule has 0 aromatic heterocycles. The zero-order valence-electron chi connectivity index (χ0n) is 12.7. The molecule has 2 aromatic carbocycles. The van der Waals surface area contributed by atoms with Crippen molar-refractivity contribution in [3.8, 4) is 5.75 Å². The zero-order chi connectivity index (χ0) is 16.8. The van der Waals surface area contributed by atoms with Gasteiger partial charge in [0.2, 0.25) is 5.91 Å². The lowest BCUT2D eigenvalue weighted by molar-refractivity contribution is -0.384. The quantitative estimate of drug-likeness (QED) is 0.495. The van der Waals surface area contributed by atoms with E-state index < -0.39 is 4.92 Å². The van der Waals surface area contributed by atoms with Gasteiger partial charge in [0.25, 0.3) is 5.69 Å². The Kier molecular flexibility index (Phi) is 5.59. The van der Waals surface area contributed by atoms with E-state index in [1.54, 1.807) is 20.1 Å². The summed E-state index contributed by atoms with van der Waals surface area (Å²) in [6, 6.07) is 13.3. The molecule has 2 rings (SSSR count). The third-order valence-electron chi connectivity index (χ3n) is 3.07. The minimum Gasteiger partial charge on any atom is -0.497 e. The number of nitro benzene ring substituents is 1. The predicted molar refractivity (Wildman–Crippen MR) is 90.0 cm³/mol. The Labute approximate surface area is 138 Å². The number of nitrogens with zero attached hydrogens (tertiary/aromatic N) is 1. The number of hydrogen-bond donors (Lipinski definition) is 1. The molecule has 0 aliphatic heterocycles. The van der Waals surface area contributed by atoms with Crippen LogP contribution in [0.1, 0.15) is 6.92 Å². The Balaban J connectivity index is 1.99. The number of thioether (sulfide) groups is 1. The normalized spacial score (nSPS) is 11.6. The van der Waals surface area contributed by atoms with Crippen LogP contribution in [-0.4, -0.2) is 23.2 Å². The third-order valence-corrected chi connectivity index (χ3v) is 4.18. The molecule has 1 amide bonds. The van der Waals surface area contributed by atoms with Gasteiger partial charge in [0.1, 0.15) is 5.75 Å². The van der Waals surface area contributed by atoms with Crippen LogP contribution < -0.4 is 10.1 Å². The molecule has 7 heteroatoms. The SMILES string of the molecule is COc1ccc(SC(C)C(=O)Nc2cccc([N+](=O)[O-])c2)cc1. The number of nitro groups is 1. The lowest BCUT2D eigenvalue weighted by atomic mass is 10.2. The maximum Gasteiger partial charge on any atom is 0.271 e. The first-order valence-electron chi connectivity index (χ1n) is 6.85. The maximum atomic E-state index is 12.2. The number of amides is 1. The lowest BCUT2D eigenvalue weighted by Gasteiger charge is -2.12. The number of ether oxygens (including phenoxy) is 1. The molecule has 0 saturated heterocycles. The first kappa shape index (κ1) is 16.8. The molecule has 0 radical (unpaired) electrons. The molecule has 0 saturated carbocycles. The first-order valence-corrected chi connectivity index (χ1v) is 7.73. The highest BCUT2D eigenvalue weighted by molar-refractivity contribution is 8.00. The summed E-state index contributed by atoms with van der Waals surface area (Å²) >= 11 is 1.40. The van der Waals surface area contributed by atoms with Gasteiger partial charge in [-0.25, -0.2) is 0 Å². The van der Waals surface area contributed by atoms with E-state index in [1.165, 1.54) is 30.0 Å². The fourth-order valence-electron chi connectivity index (χ4n) is 1.85. The van der Waals surface area contributed by atoms with Gasteiger partial charge in [-0.15, -0.1) is 11.8 Å².